The molecule has 7 nitrogen and oxygen atoms in total. The Labute approximate surface area is 209 Å². The SMILES string of the molecule is COc1cc2ncnc(Nc3ccc(F)c(Cl)c3)c2cc1OCCCN1CCNCC1.Cl.Cl. The van der Waals surface area contributed by atoms with E-state index in [2.05, 4.69) is 25.5 Å². The monoisotopic (exact) mass is 517 g/mol. The molecule has 0 bridgehead atoms. The van der Waals surface area contributed by atoms with E-state index in [4.69, 9.17) is 21.1 Å². The number of anilines is 2. The maximum absolute atomic E-state index is 13.5. The molecule has 0 aliphatic carbocycles. The van der Waals surface area contributed by atoms with E-state index in [-0.39, 0.29) is 29.8 Å². The second-order valence-corrected chi connectivity index (χ2v) is 7.70. The van der Waals surface area contributed by atoms with E-state index in [0.29, 0.717) is 35.1 Å². The summed E-state index contributed by atoms with van der Waals surface area (Å²) < 4.78 is 25.0. The van der Waals surface area contributed by atoms with Crippen LogP contribution in [0.1, 0.15) is 6.42 Å². The zero-order chi connectivity index (χ0) is 21.6. The summed E-state index contributed by atoms with van der Waals surface area (Å²) in [5, 5.41) is 7.34. The minimum absolute atomic E-state index is 0. The van der Waals surface area contributed by atoms with Crippen molar-refractivity contribution in [2.24, 2.45) is 0 Å². The minimum atomic E-state index is -0.471. The van der Waals surface area contributed by atoms with Gasteiger partial charge in [-0.25, -0.2) is 14.4 Å². The highest BCUT2D eigenvalue weighted by atomic mass is 35.5. The summed E-state index contributed by atoms with van der Waals surface area (Å²) in [6.07, 6.45) is 2.38. The fraction of sp³-hybridized carbons (Fsp3) is 0.364. The van der Waals surface area contributed by atoms with E-state index in [1.54, 1.807) is 13.2 Å². The molecule has 33 heavy (non-hydrogen) atoms. The fourth-order valence-electron chi connectivity index (χ4n) is 3.55. The molecule has 1 fully saturated rings. The largest absolute Gasteiger partial charge is 0.493 e. The lowest BCUT2D eigenvalue weighted by Crippen LogP contribution is -2.43. The van der Waals surface area contributed by atoms with Gasteiger partial charge in [0, 0.05) is 49.9 Å². The van der Waals surface area contributed by atoms with Gasteiger partial charge < -0.3 is 25.0 Å². The second-order valence-electron chi connectivity index (χ2n) is 7.29. The number of fused-ring (bicyclic) bond motifs is 1. The summed E-state index contributed by atoms with van der Waals surface area (Å²) in [6.45, 7) is 5.79. The van der Waals surface area contributed by atoms with E-state index < -0.39 is 5.82 Å². The predicted molar refractivity (Wildman–Crippen MR) is 135 cm³/mol. The lowest BCUT2D eigenvalue weighted by molar-refractivity contribution is 0.211. The molecule has 0 amide bonds. The topological polar surface area (TPSA) is 71.5 Å². The van der Waals surface area contributed by atoms with Gasteiger partial charge in [-0.05, 0) is 30.7 Å². The molecule has 1 aliphatic rings. The summed E-state index contributed by atoms with van der Waals surface area (Å²) in [4.78, 5) is 11.1. The molecule has 0 spiro atoms. The molecule has 2 heterocycles. The van der Waals surface area contributed by atoms with Crippen LogP contribution in [0.25, 0.3) is 10.9 Å². The molecule has 3 aromatic rings. The lowest BCUT2D eigenvalue weighted by atomic mass is 10.2. The third kappa shape index (κ3) is 6.94. The molecule has 180 valence electrons. The molecule has 2 aromatic carbocycles. The smallest absolute Gasteiger partial charge is 0.162 e. The molecular formula is C22H27Cl3FN5O2. The quantitative estimate of drug-likeness (QED) is 0.419. The average molecular weight is 519 g/mol. The lowest BCUT2D eigenvalue weighted by Gasteiger charge is -2.27. The van der Waals surface area contributed by atoms with E-state index in [1.165, 1.54) is 18.5 Å². The fourth-order valence-corrected chi connectivity index (χ4v) is 3.73. The molecule has 4 rings (SSSR count). The van der Waals surface area contributed by atoms with Gasteiger partial charge in [-0.2, -0.15) is 0 Å². The molecule has 0 atom stereocenters. The molecule has 1 saturated heterocycles. The van der Waals surface area contributed by atoms with Crippen LogP contribution in [0.15, 0.2) is 36.7 Å². The Morgan fingerprint density at radius 1 is 1.12 bits per heavy atom. The zero-order valence-electron chi connectivity index (χ0n) is 18.1. The summed E-state index contributed by atoms with van der Waals surface area (Å²) in [6, 6.07) is 8.12. The van der Waals surface area contributed by atoms with Gasteiger partial charge in [-0.15, -0.1) is 24.8 Å². The maximum atomic E-state index is 13.5. The predicted octanol–water partition coefficient (Wildman–Crippen LogP) is 4.69. The maximum Gasteiger partial charge on any atom is 0.162 e. The number of methoxy groups -OCH3 is 1. The molecule has 1 aromatic heterocycles. The third-order valence-electron chi connectivity index (χ3n) is 5.19. The molecular weight excluding hydrogens is 492 g/mol. The van der Waals surface area contributed by atoms with E-state index >= 15 is 0 Å². The number of halogens is 4. The first kappa shape index (κ1) is 27.1. The van der Waals surface area contributed by atoms with Crippen molar-refractivity contribution >= 4 is 58.8 Å². The summed E-state index contributed by atoms with van der Waals surface area (Å²) in [7, 11) is 1.61. The highest BCUT2D eigenvalue weighted by Crippen LogP contribution is 2.35. The molecule has 0 radical (unpaired) electrons. The molecule has 0 saturated carbocycles. The number of hydrogen-bond acceptors (Lipinski definition) is 7. The zero-order valence-corrected chi connectivity index (χ0v) is 20.5. The molecule has 11 heteroatoms. The van der Waals surface area contributed by atoms with Crippen LogP contribution in [0.5, 0.6) is 11.5 Å². The van der Waals surface area contributed by atoms with Crippen molar-refractivity contribution in [3.05, 3.63) is 47.5 Å². The number of hydrogen-bond donors (Lipinski definition) is 2. The Balaban J connectivity index is 0.00000193. The van der Waals surface area contributed by atoms with Crippen LogP contribution < -0.4 is 20.1 Å². The number of nitrogens with zero attached hydrogens (tertiary/aromatic N) is 3. The van der Waals surface area contributed by atoms with Crippen molar-refractivity contribution in [1.29, 1.82) is 0 Å². The Bertz CT molecular complexity index is 1050. The van der Waals surface area contributed by atoms with Crippen LogP contribution in [0.4, 0.5) is 15.9 Å². The van der Waals surface area contributed by atoms with Gasteiger partial charge in [0.15, 0.2) is 11.5 Å². The Morgan fingerprint density at radius 3 is 2.64 bits per heavy atom. The van der Waals surface area contributed by atoms with Gasteiger partial charge in [0.25, 0.3) is 0 Å². The molecule has 1 aliphatic heterocycles. The van der Waals surface area contributed by atoms with Crippen LogP contribution in [0.2, 0.25) is 5.02 Å². The van der Waals surface area contributed by atoms with Gasteiger partial charge >= 0.3 is 0 Å². The van der Waals surface area contributed by atoms with Crippen LogP contribution >= 0.6 is 36.4 Å². The van der Waals surface area contributed by atoms with Crippen molar-refractivity contribution in [3.63, 3.8) is 0 Å². The number of benzene rings is 2. The van der Waals surface area contributed by atoms with Crippen molar-refractivity contribution in [1.82, 2.24) is 20.2 Å². The van der Waals surface area contributed by atoms with Crippen molar-refractivity contribution in [2.45, 2.75) is 6.42 Å². The molecule has 2 N–H and O–H groups in total. The van der Waals surface area contributed by atoms with Gasteiger partial charge in [0.05, 0.1) is 24.3 Å². The van der Waals surface area contributed by atoms with E-state index in [1.807, 2.05) is 12.1 Å². The molecule has 0 unspecified atom stereocenters. The normalized spacial score (nSPS) is 13.7. The number of rotatable bonds is 8. The number of nitrogens with one attached hydrogen (secondary N) is 2. The standard InChI is InChI=1S/C22H25ClFN5O2.2ClH/c1-30-20-13-19-16(12-21(20)31-10-2-7-29-8-5-25-6-9-29)22(27-14-26-19)28-15-3-4-18(24)17(23)11-15;;/h3-4,11-14,25H,2,5-10H2,1H3,(H,26,27,28);2*1H. The average Bonchev–Trinajstić information content (AvgIpc) is 2.79. The summed E-state index contributed by atoms with van der Waals surface area (Å²) in [5.41, 5.74) is 1.33. The first-order valence-electron chi connectivity index (χ1n) is 10.2. The summed E-state index contributed by atoms with van der Waals surface area (Å²) in [5.74, 6) is 1.34. The minimum Gasteiger partial charge on any atom is -0.493 e. The van der Waals surface area contributed by atoms with Crippen LogP contribution in [0, 0.1) is 5.82 Å². The summed E-state index contributed by atoms with van der Waals surface area (Å²) >= 11 is 5.90. The first-order valence-corrected chi connectivity index (χ1v) is 10.6. The van der Waals surface area contributed by atoms with Crippen molar-refractivity contribution in [3.8, 4) is 11.5 Å². The number of ether oxygens (including phenoxy) is 2. The first-order chi connectivity index (χ1) is 15.1. The van der Waals surface area contributed by atoms with Crippen molar-refractivity contribution < 1.29 is 13.9 Å². The van der Waals surface area contributed by atoms with Crippen LogP contribution in [-0.2, 0) is 0 Å². The number of aromatic nitrogens is 2. The van der Waals surface area contributed by atoms with E-state index in [9.17, 15) is 4.39 Å². The Kier molecular flexibility index (Phi) is 10.7. The third-order valence-corrected chi connectivity index (χ3v) is 5.48. The van der Waals surface area contributed by atoms with Gasteiger partial charge in [0.2, 0.25) is 0 Å². The van der Waals surface area contributed by atoms with Gasteiger partial charge in [-0.3, -0.25) is 0 Å². The highest BCUT2D eigenvalue weighted by Gasteiger charge is 2.13. The Hall–Kier alpha value is -2.10. The van der Waals surface area contributed by atoms with Crippen molar-refractivity contribution in [2.75, 3.05) is 51.8 Å². The van der Waals surface area contributed by atoms with Crippen LogP contribution in [-0.4, -0.2) is 61.3 Å². The Morgan fingerprint density at radius 2 is 1.91 bits per heavy atom. The highest BCUT2D eigenvalue weighted by molar-refractivity contribution is 6.31. The second kappa shape index (κ2) is 13.0. The number of piperazine rings is 1. The van der Waals surface area contributed by atoms with Crippen LogP contribution in [0.3, 0.4) is 0 Å². The van der Waals surface area contributed by atoms with E-state index in [0.717, 1.165) is 44.5 Å². The van der Waals surface area contributed by atoms with Gasteiger partial charge in [0.1, 0.15) is 18.0 Å². The van der Waals surface area contributed by atoms with Gasteiger partial charge in [-0.1, -0.05) is 11.6 Å².